The number of ether oxygens (including phenoxy) is 3. The number of methoxy groups -OCH3 is 1. The van der Waals surface area contributed by atoms with Gasteiger partial charge in [-0.2, -0.15) is 0 Å². The fraction of sp³-hybridized carbons (Fsp3) is 0.846. The topological polar surface area (TPSA) is 140 Å². The Labute approximate surface area is 223 Å². The van der Waals surface area contributed by atoms with Crippen LogP contribution in [0.4, 0.5) is 14.0 Å². The summed E-state index contributed by atoms with van der Waals surface area (Å²) in [5.74, 6) is -1.37. The molecular formula is C26H51FN2O8. The minimum Gasteiger partial charge on any atom is -0.481 e. The number of hydrogen-bond donors (Lipinski definition) is 3. The first-order valence-electron chi connectivity index (χ1n) is 13.2. The molecule has 0 heterocycles. The second-order valence-electron chi connectivity index (χ2n) is 10.5. The minimum atomic E-state index is -1.00. The van der Waals surface area contributed by atoms with E-state index in [1.807, 2.05) is 27.7 Å². The van der Waals surface area contributed by atoms with Crippen LogP contribution in [0.2, 0.25) is 0 Å². The molecule has 0 spiro atoms. The number of amides is 2. The van der Waals surface area contributed by atoms with E-state index in [1.165, 1.54) is 7.11 Å². The van der Waals surface area contributed by atoms with Crippen molar-refractivity contribution < 1.29 is 44.3 Å². The van der Waals surface area contributed by atoms with Crippen molar-refractivity contribution in [2.45, 2.75) is 105 Å². The molecule has 3 N–H and O–H groups in total. The number of halogens is 1. The van der Waals surface area contributed by atoms with Crippen molar-refractivity contribution in [3.8, 4) is 0 Å². The lowest BCUT2D eigenvalue weighted by atomic mass is 10.0. The molecular weight excluding hydrogens is 487 g/mol. The number of esters is 1. The molecule has 0 radical (unpaired) electrons. The van der Waals surface area contributed by atoms with Crippen molar-refractivity contribution >= 4 is 24.1 Å². The molecule has 11 heteroatoms. The van der Waals surface area contributed by atoms with E-state index in [2.05, 4.69) is 15.4 Å². The predicted molar refractivity (Wildman–Crippen MR) is 141 cm³/mol. The maximum absolute atomic E-state index is 11.3. The third-order valence-electron chi connectivity index (χ3n) is 4.49. The molecule has 220 valence electrons. The zero-order valence-corrected chi connectivity index (χ0v) is 24.2. The Morgan fingerprint density at radius 1 is 0.811 bits per heavy atom. The van der Waals surface area contributed by atoms with Gasteiger partial charge in [0.15, 0.2) is 0 Å². The van der Waals surface area contributed by atoms with Crippen molar-refractivity contribution in [1.29, 1.82) is 0 Å². The fourth-order valence-corrected chi connectivity index (χ4v) is 2.60. The van der Waals surface area contributed by atoms with Crippen molar-refractivity contribution in [2.75, 3.05) is 27.4 Å². The molecule has 0 fully saturated rings. The molecule has 0 aliphatic carbocycles. The van der Waals surface area contributed by atoms with Crippen molar-refractivity contribution in [1.82, 2.24) is 10.6 Å². The molecule has 0 unspecified atom stereocenters. The van der Waals surface area contributed by atoms with Gasteiger partial charge < -0.3 is 30.0 Å². The van der Waals surface area contributed by atoms with E-state index >= 15 is 0 Å². The van der Waals surface area contributed by atoms with Crippen LogP contribution in [0, 0.1) is 11.8 Å². The number of nitrogens with one attached hydrogen (secondary N) is 2. The Bertz CT molecular complexity index is 667. The predicted octanol–water partition coefficient (Wildman–Crippen LogP) is 5.48. The Kier molecular flexibility index (Phi) is 21.2. The number of alkyl halides is 1. The van der Waals surface area contributed by atoms with Crippen LogP contribution in [0.1, 0.15) is 95.3 Å². The molecule has 2 amide bonds. The first kappa shape index (κ1) is 36.6. The number of unbranched alkanes of at least 4 members (excludes halogenated alkanes) is 2. The average Bonchev–Trinajstić information content (AvgIpc) is 2.76. The van der Waals surface area contributed by atoms with Gasteiger partial charge in [-0.3, -0.25) is 14.0 Å². The van der Waals surface area contributed by atoms with E-state index < -0.39 is 36.5 Å². The maximum Gasteiger partial charge on any atom is 0.407 e. The molecule has 0 aromatic heterocycles. The summed E-state index contributed by atoms with van der Waals surface area (Å²) in [6, 6.07) is 0. The molecule has 2 atom stereocenters. The highest BCUT2D eigenvalue weighted by Gasteiger charge is 2.17. The normalized spacial score (nSPS) is 12.6. The first-order valence-corrected chi connectivity index (χ1v) is 12.5. The van der Waals surface area contributed by atoms with E-state index in [9.17, 15) is 23.6 Å². The highest BCUT2D eigenvalue weighted by molar-refractivity contribution is 5.71. The number of carboxylic acids is 1. The van der Waals surface area contributed by atoms with Gasteiger partial charge in [-0.15, -0.1) is 0 Å². The summed E-state index contributed by atoms with van der Waals surface area (Å²) < 4.78 is 30.3. The molecule has 0 rings (SSSR count). The molecule has 0 bridgehead atoms. The summed E-state index contributed by atoms with van der Waals surface area (Å²) in [5.41, 5.74) is -0.953. The van der Waals surface area contributed by atoms with Gasteiger partial charge in [0.05, 0.1) is 27.5 Å². The minimum absolute atomic E-state index is 0.0865. The number of carbonyl (C=O) groups is 4. The molecule has 0 saturated carbocycles. The Balaban J connectivity index is -0.000000584. The molecule has 10 nitrogen and oxygen atoms in total. The fourth-order valence-electron chi connectivity index (χ4n) is 2.60. The summed E-state index contributed by atoms with van der Waals surface area (Å²) in [6.07, 6.45) is 3.80. The lowest BCUT2D eigenvalue weighted by Crippen LogP contribution is -2.33. The largest absolute Gasteiger partial charge is 0.481 e. The van der Waals surface area contributed by atoms with E-state index in [0.717, 1.165) is 32.1 Å². The van der Waals surface area contributed by atoms with E-state index in [1.54, 1.807) is 27.7 Å². The van der Waals surface area contributed by atoms with Crippen LogP contribution in [-0.4, -0.2) is 67.8 Å². The number of carboxylic acid groups (broad SMARTS) is 1. The van der Waals surface area contributed by atoms with Crippen LogP contribution in [-0.2, 0) is 23.8 Å². The van der Waals surface area contributed by atoms with E-state index in [4.69, 9.17) is 16.0 Å². The monoisotopic (exact) mass is 539 g/mol. The average molecular weight is 540 g/mol. The second-order valence-corrected chi connectivity index (χ2v) is 10.5. The number of rotatable bonds is 12. The highest BCUT2D eigenvalue weighted by Crippen LogP contribution is 2.10. The molecule has 37 heavy (non-hydrogen) atoms. The van der Waals surface area contributed by atoms with Gasteiger partial charge in [-0.25, -0.2) is 9.59 Å². The zero-order valence-electron chi connectivity index (χ0n) is 25.2. The van der Waals surface area contributed by atoms with Crippen LogP contribution in [0.15, 0.2) is 0 Å². The molecule has 0 aromatic rings. The molecule has 0 saturated heterocycles. The van der Waals surface area contributed by atoms with Crippen LogP contribution in [0.3, 0.4) is 0 Å². The maximum atomic E-state index is 11.3. The lowest BCUT2D eigenvalue weighted by Gasteiger charge is -2.19. The number of carbonyl (C=O) groups excluding carboxylic acids is 3. The summed E-state index contributed by atoms with van der Waals surface area (Å²) in [5, 5.41) is 14.0. The lowest BCUT2D eigenvalue weighted by molar-refractivity contribution is -0.145. The third-order valence-corrected chi connectivity index (χ3v) is 4.49. The van der Waals surface area contributed by atoms with Gasteiger partial charge in [0.25, 0.3) is 0 Å². The van der Waals surface area contributed by atoms with Crippen LogP contribution < -0.4 is 10.6 Å². The van der Waals surface area contributed by atoms with Crippen molar-refractivity contribution in [3.05, 3.63) is 0 Å². The number of aliphatic carboxylic acids is 1. The zero-order chi connectivity index (χ0) is 30.4. The molecule has 0 aliphatic heterocycles. The van der Waals surface area contributed by atoms with Crippen LogP contribution in [0.5, 0.6) is 0 Å². The summed E-state index contributed by atoms with van der Waals surface area (Å²) in [4.78, 5) is 44.2. The van der Waals surface area contributed by atoms with Gasteiger partial charge in [0.1, 0.15) is 11.2 Å². The van der Waals surface area contributed by atoms with E-state index in [0.29, 0.717) is 19.5 Å². The van der Waals surface area contributed by atoms with Crippen LogP contribution >= 0.6 is 0 Å². The van der Waals surface area contributed by atoms with Gasteiger partial charge in [0, 0.05) is 13.1 Å². The Morgan fingerprint density at radius 2 is 1.16 bits per heavy atom. The standard InChI is InChI=1S/C13H25NO4.C12H23NO4.CH3F/c1-10(11(15)17-5)8-6-7-9-14-12(16)18-13(2,3)4;1-9(10(14)15)7-5-6-8-13-11(16)17-12(2,3)4;1-2/h10H,6-9H2,1-5H3,(H,14,16);9H,5-8H2,1-4H3,(H,13,16)(H,14,15);1H3/t10-;9-;/m00./s1/i;;1D. The molecule has 0 aliphatic rings. The van der Waals surface area contributed by atoms with Crippen LogP contribution in [0.25, 0.3) is 0 Å². The van der Waals surface area contributed by atoms with Gasteiger partial charge in [0.2, 0.25) is 0 Å². The summed E-state index contributed by atoms with van der Waals surface area (Å²) in [7, 11) is 0.392. The van der Waals surface area contributed by atoms with Gasteiger partial charge >= 0.3 is 24.1 Å². The Hall–Kier alpha value is -2.59. The van der Waals surface area contributed by atoms with Gasteiger partial charge in [-0.1, -0.05) is 26.7 Å². The highest BCUT2D eigenvalue weighted by atomic mass is 19.1. The van der Waals surface area contributed by atoms with Crippen molar-refractivity contribution in [2.24, 2.45) is 11.8 Å². The second kappa shape index (κ2) is 21.5. The summed E-state index contributed by atoms with van der Waals surface area (Å²) >= 11 is 0. The smallest absolute Gasteiger partial charge is 0.407 e. The summed E-state index contributed by atoms with van der Waals surface area (Å²) in [6.45, 7) is 15.5. The first-order chi connectivity index (χ1) is 17.4. The quantitative estimate of drug-likeness (QED) is 0.168. The number of hydrogen-bond acceptors (Lipinski definition) is 7. The molecule has 0 aromatic carbocycles. The Morgan fingerprint density at radius 3 is 1.46 bits per heavy atom. The third kappa shape index (κ3) is 29.5. The SMILES string of the molecule is COC(=O)[C@@H](C)CCCCNC(=O)OC(C)(C)C.C[C@@H](CCCCNC(=O)OC(C)(C)C)C(=O)O.[2H]CF. The number of alkyl carbamates (subject to hydrolysis) is 2. The van der Waals surface area contributed by atoms with E-state index in [-0.39, 0.29) is 17.8 Å². The van der Waals surface area contributed by atoms with Gasteiger partial charge in [-0.05, 0) is 67.2 Å². The van der Waals surface area contributed by atoms with Crippen molar-refractivity contribution in [3.63, 3.8) is 0 Å².